The Morgan fingerprint density at radius 1 is 1.37 bits per heavy atom. The summed E-state index contributed by atoms with van der Waals surface area (Å²) in [6.07, 6.45) is 7.16. The second kappa shape index (κ2) is 5.34. The molecule has 1 aliphatic rings. The first-order chi connectivity index (χ1) is 9.06. The molecule has 2 unspecified atom stereocenters. The first-order valence-corrected chi connectivity index (χ1v) is 6.37. The summed E-state index contributed by atoms with van der Waals surface area (Å²) in [7, 11) is 0. The van der Waals surface area contributed by atoms with E-state index in [2.05, 4.69) is 15.3 Å². The molecule has 2 atom stereocenters. The molecule has 0 saturated heterocycles. The minimum Gasteiger partial charge on any atom is -0.479 e. The van der Waals surface area contributed by atoms with E-state index in [0.29, 0.717) is 6.42 Å². The van der Waals surface area contributed by atoms with Crippen molar-refractivity contribution in [3.05, 3.63) is 24.3 Å². The Morgan fingerprint density at radius 2 is 2.05 bits per heavy atom. The van der Waals surface area contributed by atoms with Crippen molar-refractivity contribution in [2.24, 2.45) is 5.92 Å². The second-order valence-corrected chi connectivity index (χ2v) is 5.00. The van der Waals surface area contributed by atoms with Gasteiger partial charge in [-0.15, -0.1) is 0 Å². The lowest BCUT2D eigenvalue weighted by atomic mass is 9.73. The van der Waals surface area contributed by atoms with Gasteiger partial charge in [0.05, 0.1) is 5.56 Å². The molecule has 1 aromatic heterocycles. The van der Waals surface area contributed by atoms with E-state index in [0.717, 1.165) is 19.3 Å². The molecular formula is C13H17N3O3. The highest BCUT2D eigenvalue weighted by Crippen LogP contribution is 2.34. The predicted octanol–water partition coefficient (Wildman–Crippen LogP) is 1.24. The average Bonchev–Trinajstić information content (AvgIpc) is 2.42. The monoisotopic (exact) mass is 263 g/mol. The number of aromatic nitrogens is 2. The van der Waals surface area contributed by atoms with Crippen LogP contribution in [0, 0.1) is 5.92 Å². The van der Waals surface area contributed by atoms with Gasteiger partial charge in [0.2, 0.25) is 0 Å². The molecule has 6 heteroatoms. The number of hydrogen-bond donors (Lipinski definition) is 2. The minimum absolute atomic E-state index is 0.0904. The maximum absolute atomic E-state index is 12.1. The number of carboxylic acid groups (broad SMARTS) is 1. The van der Waals surface area contributed by atoms with Crippen molar-refractivity contribution in [3.8, 4) is 0 Å². The summed E-state index contributed by atoms with van der Waals surface area (Å²) in [6.45, 7) is 1.87. The number of nitrogens with zero attached hydrogens (tertiary/aromatic N) is 2. The van der Waals surface area contributed by atoms with Crippen molar-refractivity contribution in [2.45, 2.75) is 38.1 Å². The average molecular weight is 263 g/mol. The Balaban J connectivity index is 2.22. The van der Waals surface area contributed by atoms with Crippen molar-refractivity contribution >= 4 is 11.9 Å². The van der Waals surface area contributed by atoms with Crippen molar-refractivity contribution < 1.29 is 14.7 Å². The van der Waals surface area contributed by atoms with E-state index < -0.39 is 17.4 Å². The van der Waals surface area contributed by atoms with E-state index in [-0.39, 0.29) is 11.5 Å². The maximum Gasteiger partial charge on any atom is 0.329 e. The van der Waals surface area contributed by atoms with Crippen molar-refractivity contribution in [1.82, 2.24) is 15.3 Å². The summed E-state index contributed by atoms with van der Waals surface area (Å²) in [5.74, 6) is -1.49. The molecule has 0 spiro atoms. The molecule has 2 N–H and O–H groups in total. The zero-order chi connectivity index (χ0) is 13.9. The fourth-order valence-corrected chi connectivity index (χ4v) is 2.60. The van der Waals surface area contributed by atoms with Crippen LogP contribution in [0.2, 0.25) is 0 Å². The summed E-state index contributed by atoms with van der Waals surface area (Å²) < 4.78 is 0. The van der Waals surface area contributed by atoms with Gasteiger partial charge >= 0.3 is 5.97 Å². The van der Waals surface area contributed by atoms with Gasteiger partial charge in [0.25, 0.3) is 5.91 Å². The van der Waals surface area contributed by atoms with Crippen molar-refractivity contribution in [1.29, 1.82) is 0 Å². The molecule has 1 aromatic rings. The number of hydrogen-bond acceptors (Lipinski definition) is 4. The smallest absolute Gasteiger partial charge is 0.329 e. The van der Waals surface area contributed by atoms with Crippen LogP contribution in [0.4, 0.5) is 0 Å². The molecule has 102 valence electrons. The standard InChI is InChI=1S/C13H17N3O3/c1-9-4-2-3-5-13(9,12(18)19)16-11(17)10-6-14-8-15-7-10/h6-9H,2-5H2,1H3,(H,16,17)(H,18,19). The van der Waals surface area contributed by atoms with Crippen LogP contribution in [-0.4, -0.2) is 32.5 Å². The molecule has 1 fully saturated rings. The summed E-state index contributed by atoms with van der Waals surface area (Å²) in [5.41, 5.74) is -0.897. The largest absolute Gasteiger partial charge is 0.479 e. The quantitative estimate of drug-likeness (QED) is 0.856. The third kappa shape index (κ3) is 2.57. The molecular weight excluding hydrogens is 246 g/mol. The van der Waals surface area contributed by atoms with E-state index in [1.165, 1.54) is 18.7 Å². The first-order valence-electron chi connectivity index (χ1n) is 6.37. The summed E-state index contributed by atoms with van der Waals surface area (Å²) in [4.78, 5) is 31.3. The molecule has 0 aromatic carbocycles. The van der Waals surface area contributed by atoms with Crippen LogP contribution in [0.1, 0.15) is 43.0 Å². The van der Waals surface area contributed by atoms with Crippen LogP contribution in [0.15, 0.2) is 18.7 Å². The van der Waals surface area contributed by atoms with Gasteiger partial charge in [0, 0.05) is 12.4 Å². The van der Waals surface area contributed by atoms with Crippen LogP contribution in [0.25, 0.3) is 0 Å². The summed E-state index contributed by atoms with van der Waals surface area (Å²) >= 11 is 0. The zero-order valence-corrected chi connectivity index (χ0v) is 10.8. The van der Waals surface area contributed by atoms with Gasteiger partial charge in [-0.2, -0.15) is 0 Å². The van der Waals surface area contributed by atoms with Gasteiger partial charge in [-0.05, 0) is 18.8 Å². The molecule has 1 saturated carbocycles. The van der Waals surface area contributed by atoms with E-state index in [4.69, 9.17) is 0 Å². The second-order valence-electron chi connectivity index (χ2n) is 5.00. The maximum atomic E-state index is 12.1. The highest BCUT2D eigenvalue weighted by molar-refractivity contribution is 5.97. The fraction of sp³-hybridized carbons (Fsp3) is 0.538. The Kier molecular flexibility index (Phi) is 3.78. The topological polar surface area (TPSA) is 92.2 Å². The number of nitrogens with one attached hydrogen (secondary N) is 1. The van der Waals surface area contributed by atoms with Crippen LogP contribution >= 0.6 is 0 Å². The van der Waals surface area contributed by atoms with Gasteiger partial charge in [0.15, 0.2) is 0 Å². The molecule has 1 aliphatic carbocycles. The van der Waals surface area contributed by atoms with Gasteiger partial charge in [-0.25, -0.2) is 14.8 Å². The molecule has 1 heterocycles. The van der Waals surface area contributed by atoms with Gasteiger partial charge in [-0.1, -0.05) is 19.8 Å². The van der Waals surface area contributed by atoms with Crippen molar-refractivity contribution in [2.75, 3.05) is 0 Å². The Hall–Kier alpha value is -1.98. The van der Waals surface area contributed by atoms with E-state index in [1.54, 1.807) is 0 Å². The number of aliphatic carboxylic acids is 1. The summed E-state index contributed by atoms with van der Waals surface area (Å²) in [6, 6.07) is 0. The van der Waals surface area contributed by atoms with E-state index in [9.17, 15) is 14.7 Å². The Labute approximate surface area is 111 Å². The number of carbonyl (C=O) groups is 2. The zero-order valence-electron chi connectivity index (χ0n) is 10.8. The number of rotatable bonds is 3. The molecule has 2 rings (SSSR count). The molecule has 0 bridgehead atoms. The third-order valence-electron chi connectivity index (χ3n) is 3.84. The van der Waals surface area contributed by atoms with Crippen LogP contribution in [-0.2, 0) is 4.79 Å². The molecule has 1 amide bonds. The highest BCUT2D eigenvalue weighted by atomic mass is 16.4. The third-order valence-corrected chi connectivity index (χ3v) is 3.84. The Morgan fingerprint density at radius 3 is 2.63 bits per heavy atom. The van der Waals surface area contributed by atoms with Crippen LogP contribution in [0.5, 0.6) is 0 Å². The molecule has 19 heavy (non-hydrogen) atoms. The van der Waals surface area contributed by atoms with Crippen LogP contribution in [0.3, 0.4) is 0 Å². The minimum atomic E-state index is -1.18. The molecule has 0 radical (unpaired) electrons. The fourth-order valence-electron chi connectivity index (χ4n) is 2.60. The van der Waals surface area contributed by atoms with Gasteiger partial charge < -0.3 is 10.4 Å². The van der Waals surface area contributed by atoms with Crippen molar-refractivity contribution in [3.63, 3.8) is 0 Å². The summed E-state index contributed by atoms with van der Waals surface area (Å²) in [5, 5.41) is 12.2. The SMILES string of the molecule is CC1CCCCC1(NC(=O)c1cncnc1)C(=O)O. The molecule has 0 aliphatic heterocycles. The van der Waals surface area contributed by atoms with E-state index in [1.807, 2.05) is 6.92 Å². The number of carboxylic acids is 1. The lowest BCUT2D eigenvalue weighted by Crippen LogP contribution is -2.60. The van der Waals surface area contributed by atoms with Gasteiger partial charge in [-0.3, -0.25) is 4.79 Å². The first kappa shape index (κ1) is 13.5. The van der Waals surface area contributed by atoms with Gasteiger partial charge in [0.1, 0.15) is 11.9 Å². The number of carbonyl (C=O) groups excluding carboxylic acids is 1. The normalized spacial score (nSPS) is 26.7. The highest BCUT2D eigenvalue weighted by Gasteiger charge is 2.46. The Bertz CT molecular complexity index is 477. The predicted molar refractivity (Wildman–Crippen MR) is 67.5 cm³/mol. The van der Waals surface area contributed by atoms with E-state index >= 15 is 0 Å². The van der Waals surface area contributed by atoms with Crippen LogP contribution < -0.4 is 5.32 Å². The molecule has 6 nitrogen and oxygen atoms in total. The lowest BCUT2D eigenvalue weighted by molar-refractivity contribution is -0.148. The lowest BCUT2D eigenvalue weighted by Gasteiger charge is -2.39. The number of amides is 1.